The van der Waals surface area contributed by atoms with Crippen molar-refractivity contribution in [3.05, 3.63) is 58.1 Å². The van der Waals surface area contributed by atoms with Crippen LogP contribution < -0.4 is 14.9 Å². The van der Waals surface area contributed by atoms with Gasteiger partial charge in [-0.3, -0.25) is 4.79 Å². The summed E-state index contributed by atoms with van der Waals surface area (Å²) in [5.74, 6) is 2.37. The van der Waals surface area contributed by atoms with Crippen molar-refractivity contribution in [3.63, 3.8) is 0 Å². The molecule has 0 heterocycles. The standard InChI is InChI=1S/C21H25BrN2O3S/c1-3-10-27-19-9-8-16(12-20(19)26-4-2)13-23-24-21(25)15-28-14-17-6-5-7-18(22)11-17/h5-9,11-13H,3-4,10,14-15H2,1-2H3,(H,24,25)/b23-13-. The van der Waals surface area contributed by atoms with Crippen LogP contribution in [0.2, 0.25) is 0 Å². The molecule has 5 nitrogen and oxygen atoms in total. The normalized spacial score (nSPS) is 10.8. The predicted octanol–water partition coefficient (Wildman–Crippen LogP) is 5.02. The third kappa shape index (κ3) is 7.94. The van der Waals surface area contributed by atoms with Gasteiger partial charge in [0.25, 0.3) is 0 Å². The number of rotatable bonds is 11. The highest BCUT2D eigenvalue weighted by Gasteiger charge is 2.06. The minimum atomic E-state index is -0.135. The van der Waals surface area contributed by atoms with Crippen LogP contribution in [-0.2, 0) is 10.5 Å². The van der Waals surface area contributed by atoms with E-state index < -0.39 is 0 Å². The molecule has 0 spiro atoms. The number of carbonyl (C=O) groups is 1. The van der Waals surface area contributed by atoms with E-state index in [9.17, 15) is 4.79 Å². The molecule has 2 aromatic rings. The summed E-state index contributed by atoms with van der Waals surface area (Å²) in [6.07, 6.45) is 2.53. The van der Waals surface area contributed by atoms with Gasteiger partial charge in [0, 0.05) is 10.2 Å². The van der Waals surface area contributed by atoms with Gasteiger partial charge in [-0.15, -0.1) is 11.8 Å². The lowest BCUT2D eigenvalue weighted by molar-refractivity contribution is -0.118. The van der Waals surface area contributed by atoms with Crippen molar-refractivity contribution in [1.82, 2.24) is 5.43 Å². The molecule has 1 N–H and O–H groups in total. The van der Waals surface area contributed by atoms with Gasteiger partial charge in [0.2, 0.25) is 5.91 Å². The van der Waals surface area contributed by atoms with E-state index in [2.05, 4.69) is 33.4 Å². The zero-order valence-electron chi connectivity index (χ0n) is 16.1. The second-order valence-electron chi connectivity index (χ2n) is 5.90. The lowest BCUT2D eigenvalue weighted by atomic mass is 10.2. The number of hydrogen-bond donors (Lipinski definition) is 1. The van der Waals surface area contributed by atoms with Crippen LogP contribution in [0.15, 0.2) is 52.0 Å². The Balaban J connectivity index is 1.82. The van der Waals surface area contributed by atoms with Gasteiger partial charge in [-0.2, -0.15) is 5.10 Å². The van der Waals surface area contributed by atoms with Gasteiger partial charge < -0.3 is 9.47 Å². The molecule has 0 unspecified atom stereocenters. The van der Waals surface area contributed by atoms with E-state index in [0.717, 1.165) is 22.2 Å². The molecule has 7 heteroatoms. The van der Waals surface area contributed by atoms with E-state index in [1.807, 2.05) is 49.4 Å². The number of benzene rings is 2. The maximum absolute atomic E-state index is 11.9. The first-order valence-corrected chi connectivity index (χ1v) is 11.1. The number of hydrazone groups is 1. The molecule has 150 valence electrons. The Labute approximate surface area is 179 Å². The highest BCUT2D eigenvalue weighted by Crippen LogP contribution is 2.28. The van der Waals surface area contributed by atoms with Gasteiger partial charge >= 0.3 is 0 Å². The molecule has 0 aliphatic carbocycles. The number of amides is 1. The monoisotopic (exact) mass is 464 g/mol. The Morgan fingerprint density at radius 2 is 2.04 bits per heavy atom. The van der Waals surface area contributed by atoms with Crippen LogP contribution in [0.25, 0.3) is 0 Å². The molecule has 0 saturated heterocycles. The summed E-state index contributed by atoms with van der Waals surface area (Å²) in [5, 5.41) is 4.03. The molecule has 0 fully saturated rings. The zero-order valence-corrected chi connectivity index (χ0v) is 18.5. The number of hydrogen-bond acceptors (Lipinski definition) is 5. The molecule has 0 saturated carbocycles. The van der Waals surface area contributed by atoms with Gasteiger partial charge in [0.1, 0.15) is 0 Å². The Hall–Kier alpha value is -1.99. The van der Waals surface area contributed by atoms with Crippen LogP contribution in [0.4, 0.5) is 0 Å². The molecule has 1 amide bonds. The van der Waals surface area contributed by atoms with Crippen LogP contribution in [0.1, 0.15) is 31.4 Å². The third-order valence-electron chi connectivity index (χ3n) is 3.52. The zero-order chi connectivity index (χ0) is 20.2. The summed E-state index contributed by atoms with van der Waals surface area (Å²) >= 11 is 4.99. The predicted molar refractivity (Wildman–Crippen MR) is 119 cm³/mol. The smallest absolute Gasteiger partial charge is 0.250 e. The quantitative estimate of drug-likeness (QED) is 0.374. The maximum Gasteiger partial charge on any atom is 0.250 e. The number of thioether (sulfide) groups is 1. The fraction of sp³-hybridized carbons (Fsp3) is 0.333. The van der Waals surface area contributed by atoms with Gasteiger partial charge in [-0.1, -0.05) is 35.0 Å². The Kier molecular flexibility index (Phi) is 9.93. The number of halogens is 1. The maximum atomic E-state index is 11.9. The van der Waals surface area contributed by atoms with Crippen molar-refractivity contribution in [2.24, 2.45) is 5.10 Å². The van der Waals surface area contributed by atoms with Crippen LogP contribution in [0.3, 0.4) is 0 Å². The lowest BCUT2D eigenvalue weighted by Crippen LogP contribution is -2.19. The van der Waals surface area contributed by atoms with E-state index in [1.54, 1.807) is 18.0 Å². The molecule has 0 aliphatic rings. The molecular weight excluding hydrogens is 440 g/mol. The Morgan fingerprint density at radius 3 is 2.79 bits per heavy atom. The number of nitrogens with one attached hydrogen (secondary N) is 1. The van der Waals surface area contributed by atoms with E-state index in [4.69, 9.17) is 9.47 Å². The summed E-state index contributed by atoms with van der Waals surface area (Å²) < 4.78 is 12.3. The van der Waals surface area contributed by atoms with Crippen molar-refractivity contribution in [2.45, 2.75) is 26.0 Å². The first-order chi connectivity index (χ1) is 13.6. The minimum absolute atomic E-state index is 0.135. The summed E-state index contributed by atoms with van der Waals surface area (Å²) in [7, 11) is 0. The summed E-state index contributed by atoms with van der Waals surface area (Å²) in [6, 6.07) is 13.6. The Bertz CT molecular complexity index is 799. The molecule has 0 radical (unpaired) electrons. The van der Waals surface area contributed by atoms with Crippen molar-refractivity contribution >= 4 is 39.8 Å². The average molecular weight is 465 g/mol. The van der Waals surface area contributed by atoms with E-state index in [0.29, 0.717) is 30.5 Å². The van der Waals surface area contributed by atoms with Crippen LogP contribution >= 0.6 is 27.7 Å². The molecule has 28 heavy (non-hydrogen) atoms. The highest BCUT2D eigenvalue weighted by molar-refractivity contribution is 9.10. The van der Waals surface area contributed by atoms with Crippen molar-refractivity contribution < 1.29 is 14.3 Å². The first kappa shape index (κ1) is 22.3. The fourth-order valence-electron chi connectivity index (χ4n) is 2.30. The summed E-state index contributed by atoms with van der Waals surface area (Å²) in [6.45, 7) is 5.17. The first-order valence-electron chi connectivity index (χ1n) is 9.16. The molecule has 0 aliphatic heterocycles. The van der Waals surface area contributed by atoms with E-state index in [1.165, 1.54) is 5.56 Å². The van der Waals surface area contributed by atoms with Crippen molar-refractivity contribution in [1.29, 1.82) is 0 Å². The average Bonchev–Trinajstić information content (AvgIpc) is 2.68. The van der Waals surface area contributed by atoms with E-state index >= 15 is 0 Å². The molecule has 2 aromatic carbocycles. The number of ether oxygens (including phenoxy) is 2. The van der Waals surface area contributed by atoms with E-state index in [-0.39, 0.29) is 5.91 Å². The van der Waals surface area contributed by atoms with Crippen molar-refractivity contribution in [3.8, 4) is 11.5 Å². The summed E-state index contributed by atoms with van der Waals surface area (Å²) in [5.41, 5.74) is 4.56. The largest absolute Gasteiger partial charge is 0.490 e. The van der Waals surface area contributed by atoms with Crippen LogP contribution in [-0.4, -0.2) is 31.1 Å². The molecule has 0 bridgehead atoms. The van der Waals surface area contributed by atoms with Gasteiger partial charge in [-0.25, -0.2) is 5.43 Å². The topological polar surface area (TPSA) is 59.9 Å². The second kappa shape index (κ2) is 12.5. The molecule has 0 atom stereocenters. The summed E-state index contributed by atoms with van der Waals surface area (Å²) in [4.78, 5) is 11.9. The molecule has 0 aromatic heterocycles. The highest BCUT2D eigenvalue weighted by atomic mass is 79.9. The lowest BCUT2D eigenvalue weighted by Gasteiger charge is -2.11. The third-order valence-corrected chi connectivity index (χ3v) is 5.02. The minimum Gasteiger partial charge on any atom is -0.490 e. The SMILES string of the molecule is CCCOc1ccc(/C=N\NC(=O)CSCc2cccc(Br)c2)cc1OCC. The molecule has 2 rings (SSSR count). The fourth-order valence-corrected chi connectivity index (χ4v) is 3.52. The number of carbonyl (C=O) groups excluding carboxylic acids is 1. The van der Waals surface area contributed by atoms with Crippen molar-refractivity contribution in [2.75, 3.05) is 19.0 Å². The second-order valence-corrected chi connectivity index (χ2v) is 7.80. The molecular formula is C21H25BrN2O3S. The van der Waals surface area contributed by atoms with Gasteiger partial charge in [-0.05, 0) is 54.8 Å². The van der Waals surface area contributed by atoms with Crippen LogP contribution in [0.5, 0.6) is 11.5 Å². The van der Waals surface area contributed by atoms with Gasteiger partial charge in [0.15, 0.2) is 11.5 Å². The van der Waals surface area contributed by atoms with Gasteiger partial charge in [0.05, 0.1) is 25.2 Å². The Morgan fingerprint density at radius 1 is 1.18 bits per heavy atom. The number of nitrogens with zero attached hydrogens (tertiary/aromatic N) is 1. The van der Waals surface area contributed by atoms with Crippen LogP contribution in [0, 0.1) is 0 Å².